The van der Waals surface area contributed by atoms with Gasteiger partial charge in [-0.25, -0.2) is 4.79 Å². The zero-order valence-electron chi connectivity index (χ0n) is 18.7. The Morgan fingerprint density at radius 3 is 2.52 bits per heavy atom. The number of rotatable bonds is 3. The number of anilines is 1. The van der Waals surface area contributed by atoms with E-state index in [0.717, 1.165) is 44.7 Å². The van der Waals surface area contributed by atoms with E-state index < -0.39 is 0 Å². The Morgan fingerprint density at radius 1 is 0.970 bits per heavy atom. The van der Waals surface area contributed by atoms with Crippen molar-refractivity contribution in [3.8, 4) is 11.3 Å². The average Bonchev–Trinajstić information content (AvgIpc) is 3.27. The van der Waals surface area contributed by atoms with Gasteiger partial charge in [0, 0.05) is 56.0 Å². The number of furan rings is 1. The number of benzene rings is 3. The molecule has 0 fully saturated rings. The van der Waals surface area contributed by atoms with Gasteiger partial charge < -0.3 is 19.5 Å². The summed E-state index contributed by atoms with van der Waals surface area (Å²) in [7, 11) is 3.40. The molecule has 0 aliphatic carbocycles. The molecule has 0 saturated carbocycles. The third-order valence-electron chi connectivity index (χ3n) is 6.00. The molecular weight excluding hydrogens is 414 g/mol. The van der Waals surface area contributed by atoms with Crippen molar-refractivity contribution >= 4 is 28.4 Å². The molecule has 5 rings (SSSR count). The lowest BCUT2D eigenvalue weighted by atomic mass is 10.0. The number of carbonyl (C=O) groups is 2. The fourth-order valence-electron chi connectivity index (χ4n) is 4.18. The van der Waals surface area contributed by atoms with E-state index in [4.69, 9.17) is 4.42 Å². The van der Waals surface area contributed by atoms with Crippen molar-refractivity contribution in [3.05, 3.63) is 89.7 Å². The van der Waals surface area contributed by atoms with E-state index >= 15 is 0 Å². The first-order chi connectivity index (χ1) is 16.0. The molecule has 6 nitrogen and oxygen atoms in total. The van der Waals surface area contributed by atoms with E-state index in [-0.39, 0.29) is 11.9 Å². The van der Waals surface area contributed by atoms with Gasteiger partial charge in [0.15, 0.2) is 0 Å². The van der Waals surface area contributed by atoms with Gasteiger partial charge in [0.2, 0.25) is 0 Å². The largest absolute Gasteiger partial charge is 0.461 e. The van der Waals surface area contributed by atoms with Crippen LogP contribution in [0.5, 0.6) is 0 Å². The zero-order chi connectivity index (χ0) is 22.9. The predicted octanol–water partition coefficient (Wildman–Crippen LogP) is 5.39. The van der Waals surface area contributed by atoms with E-state index in [1.165, 1.54) is 4.90 Å². The molecule has 0 saturated heterocycles. The molecule has 0 atom stereocenters. The monoisotopic (exact) mass is 439 g/mol. The molecule has 0 spiro atoms. The van der Waals surface area contributed by atoms with Crippen LogP contribution in [0.4, 0.5) is 10.5 Å². The Balaban J connectivity index is 1.34. The molecule has 0 radical (unpaired) electrons. The van der Waals surface area contributed by atoms with Gasteiger partial charge in [0.1, 0.15) is 11.5 Å². The highest BCUT2D eigenvalue weighted by Crippen LogP contribution is 2.31. The van der Waals surface area contributed by atoms with E-state index in [0.29, 0.717) is 19.5 Å². The van der Waals surface area contributed by atoms with Crippen LogP contribution in [-0.2, 0) is 13.0 Å². The summed E-state index contributed by atoms with van der Waals surface area (Å²) in [5, 5.41) is 4.87. The Hall–Kier alpha value is -4.06. The van der Waals surface area contributed by atoms with Crippen LogP contribution >= 0.6 is 0 Å². The summed E-state index contributed by atoms with van der Waals surface area (Å²) in [4.78, 5) is 28.5. The van der Waals surface area contributed by atoms with Gasteiger partial charge in [-0.2, -0.15) is 0 Å². The summed E-state index contributed by atoms with van der Waals surface area (Å²) in [6, 6.07) is 23.2. The van der Waals surface area contributed by atoms with Gasteiger partial charge in [-0.05, 0) is 47.2 Å². The first-order valence-corrected chi connectivity index (χ1v) is 11.0. The molecule has 1 aromatic heterocycles. The minimum Gasteiger partial charge on any atom is -0.461 e. The molecule has 1 aliphatic heterocycles. The van der Waals surface area contributed by atoms with Crippen LogP contribution in [0.15, 0.2) is 77.2 Å². The van der Waals surface area contributed by atoms with Crippen molar-refractivity contribution in [2.24, 2.45) is 0 Å². The number of hydrogen-bond donors (Lipinski definition) is 1. The minimum atomic E-state index is -0.174. The Labute approximate surface area is 192 Å². The first-order valence-electron chi connectivity index (χ1n) is 11.0. The van der Waals surface area contributed by atoms with Crippen molar-refractivity contribution in [3.63, 3.8) is 0 Å². The Bertz CT molecular complexity index is 1330. The molecule has 0 unspecified atom stereocenters. The van der Waals surface area contributed by atoms with Gasteiger partial charge in [-0.3, -0.25) is 4.79 Å². The third kappa shape index (κ3) is 4.07. The summed E-state index contributed by atoms with van der Waals surface area (Å²) in [5.41, 5.74) is 3.42. The number of hydrogen-bond acceptors (Lipinski definition) is 3. The van der Waals surface area contributed by atoms with Gasteiger partial charge in [-0.1, -0.05) is 36.4 Å². The molecular formula is C27H25N3O3. The van der Waals surface area contributed by atoms with Gasteiger partial charge in [0.05, 0.1) is 0 Å². The molecule has 1 aliphatic rings. The van der Waals surface area contributed by atoms with E-state index in [1.807, 2.05) is 77.7 Å². The molecule has 33 heavy (non-hydrogen) atoms. The van der Waals surface area contributed by atoms with Crippen LogP contribution in [-0.4, -0.2) is 42.4 Å². The second-order valence-electron chi connectivity index (χ2n) is 8.46. The number of amides is 3. The second kappa shape index (κ2) is 8.47. The summed E-state index contributed by atoms with van der Waals surface area (Å²) >= 11 is 0. The number of urea groups is 1. The molecule has 3 amide bonds. The van der Waals surface area contributed by atoms with Crippen LogP contribution in [0.1, 0.15) is 21.7 Å². The van der Waals surface area contributed by atoms with Gasteiger partial charge in [0.25, 0.3) is 5.91 Å². The van der Waals surface area contributed by atoms with Crippen molar-refractivity contribution < 1.29 is 14.0 Å². The number of nitrogens with zero attached hydrogens (tertiary/aromatic N) is 2. The lowest BCUT2D eigenvalue weighted by Crippen LogP contribution is -2.35. The molecule has 166 valence electrons. The van der Waals surface area contributed by atoms with Crippen LogP contribution in [0.3, 0.4) is 0 Å². The molecule has 4 aromatic rings. The van der Waals surface area contributed by atoms with Crippen LogP contribution in [0.25, 0.3) is 22.1 Å². The summed E-state index contributed by atoms with van der Waals surface area (Å²) in [6.45, 7) is 1.15. The Kier molecular flexibility index (Phi) is 5.34. The maximum atomic E-state index is 13.3. The minimum absolute atomic E-state index is 0.0428. The third-order valence-corrected chi connectivity index (χ3v) is 6.00. The fourth-order valence-corrected chi connectivity index (χ4v) is 4.18. The highest BCUT2D eigenvalue weighted by molar-refractivity contribution is 6.07. The normalized spacial score (nSPS) is 13.0. The lowest BCUT2D eigenvalue weighted by Gasteiger charge is -2.26. The highest BCUT2D eigenvalue weighted by Gasteiger charge is 2.26. The van der Waals surface area contributed by atoms with E-state index in [1.54, 1.807) is 14.1 Å². The summed E-state index contributed by atoms with van der Waals surface area (Å²) in [6.07, 6.45) is 0.683. The van der Waals surface area contributed by atoms with Crippen molar-refractivity contribution in [1.29, 1.82) is 0 Å². The molecule has 0 bridgehead atoms. The number of nitrogens with one attached hydrogen (secondary N) is 1. The maximum absolute atomic E-state index is 13.3. The average molecular weight is 440 g/mol. The van der Waals surface area contributed by atoms with Crippen LogP contribution < -0.4 is 5.32 Å². The van der Waals surface area contributed by atoms with Gasteiger partial charge >= 0.3 is 6.03 Å². The summed E-state index contributed by atoms with van der Waals surface area (Å²) < 4.78 is 6.12. The Morgan fingerprint density at radius 2 is 1.73 bits per heavy atom. The second-order valence-corrected chi connectivity index (χ2v) is 8.46. The molecule has 3 aromatic carbocycles. The van der Waals surface area contributed by atoms with Crippen LogP contribution in [0, 0.1) is 0 Å². The van der Waals surface area contributed by atoms with E-state index in [2.05, 4.69) is 5.32 Å². The standard InChI is InChI=1S/C27H25N3O3/c1-29(2)27(32)28-21-12-10-19(11-13-21)25-16-20-17-30(15-14-24(20)33-25)26(31)23-9-5-7-18-6-3-4-8-22(18)23/h3-13,16H,14-15,17H2,1-2H3,(H,28,32). The molecule has 6 heteroatoms. The van der Waals surface area contributed by atoms with Crippen LogP contribution in [0.2, 0.25) is 0 Å². The summed E-state index contributed by atoms with van der Waals surface area (Å²) in [5.74, 6) is 1.74. The van der Waals surface area contributed by atoms with E-state index in [9.17, 15) is 9.59 Å². The highest BCUT2D eigenvalue weighted by atomic mass is 16.3. The topological polar surface area (TPSA) is 65.8 Å². The van der Waals surface area contributed by atoms with Gasteiger partial charge in [-0.15, -0.1) is 0 Å². The smallest absolute Gasteiger partial charge is 0.321 e. The zero-order valence-corrected chi connectivity index (χ0v) is 18.7. The quantitative estimate of drug-likeness (QED) is 0.465. The molecule has 2 heterocycles. The van der Waals surface area contributed by atoms with Crippen molar-refractivity contribution in [2.45, 2.75) is 13.0 Å². The van der Waals surface area contributed by atoms with Crippen molar-refractivity contribution in [2.75, 3.05) is 26.0 Å². The van der Waals surface area contributed by atoms with Crippen molar-refractivity contribution in [1.82, 2.24) is 9.80 Å². The SMILES string of the molecule is CN(C)C(=O)Nc1ccc(-c2cc3c(o2)CCN(C(=O)c2cccc4ccccc24)C3)cc1. The number of carbonyl (C=O) groups excluding carboxylic acids is 2. The first kappa shape index (κ1) is 20.8. The fraction of sp³-hybridized carbons (Fsp3) is 0.185. The predicted molar refractivity (Wildman–Crippen MR) is 129 cm³/mol. The molecule has 1 N–H and O–H groups in total. The lowest BCUT2D eigenvalue weighted by molar-refractivity contribution is 0.0732. The maximum Gasteiger partial charge on any atom is 0.321 e. The number of fused-ring (bicyclic) bond motifs is 2.